The fourth-order valence-electron chi connectivity index (χ4n) is 2.53. The molecule has 1 N–H and O–H groups in total. The van der Waals surface area contributed by atoms with Gasteiger partial charge in [-0.3, -0.25) is 4.79 Å². The topological polar surface area (TPSA) is 62.1 Å². The van der Waals surface area contributed by atoms with Gasteiger partial charge in [-0.25, -0.2) is 0 Å². The van der Waals surface area contributed by atoms with Crippen molar-refractivity contribution < 1.29 is 27.8 Å². The average Bonchev–Trinajstić information content (AvgIpc) is 2.87. The summed E-state index contributed by atoms with van der Waals surface area (Å²) >= 11 is 0. The van der Waals surface area contributed by atoms with Crippen LogP contribution in [0.25, 0.3) is 0 Å². The number of hydrazone groups is 1. The summed E-state index contributed by atoms with van der Waals surface area (Å²) in [5.74, 6) is -0.389. The van der Waals surface area contributed by atoms with Crippen LogP contribution in [0.15, 0.2) is 23.3 Å². The Hall–Kier alpha value is -2.09. The molecule has 8 heteroatoms. The van der Waals surface area contributed by atoms with Gasteiger partial charge in [0.25, 0.3) is 11.6 Å². The molecule has 1 aliphatic rings. The van der Waals surface area contributed by atoms with Crippen LogP contribution in [-0.4, -0.2) is 40.7 Å². The molecule has 0 saturated carbocycles. The molecule has 1 aliphatic heterocycles. The first kappa shape index (κ1) is 18.3. The molecular formula is C16H19F3N2O3. The number of aliphatic hydroxyl groups is 1. The maximum absolute atomic E-state index is 12.9. The molecule has 0 aromatic heterocycles. The number of ether oxygens (including phenoxy) is 1. The third kappa shape index (κ3) is 3.38. The van der Waals surface area contributed by atoms with Crippen molar-refractivity contribution in [1.82, 2.24) is 5.01 Å². The normalized spacial score (nSPS) is 20.8. The summed E-state index contributed by atoms with van der Waals surface area (Å²) in [5.41, 5.74) is -1.24. The van der Waals surface area contributed by atoms with Gasteiger partial charge in [0.15, 0.2) is 6.61 Å². The van der Waals surface area contributed by atoms with E-state index in [4.69, 9.17) is 4.74 Å². The number of benzene rings is 1. The number of aryl methyl sites for hydroxylation is 1. The second-order valence-corrected chi connectivity index (χ2v) is 5.98. The number of alkyl halides is 3. The highest BCUT2D eigenvalue weighted by Crippen LogP contribution is 2.38. The van der Waals surface area contributed by atoms with E-state index in [1.807, 2.05) is 26.8 Å². The summed E-state index contributed by atoms with van der Waals surface area (Å²) in [6.45, 7) is 5.30. The number of amides is 1. The molecule has 1 aromatic carbocycles. The van der Waals surface area contributed by atoms with Crippen LogP contribution in [0.2, 0.25) is 0 Å². The Morgan fingerprint density at radius 2 is 2.12 bits per heavy atom. The number of rotatable bonds is 4. The SMILES string of the molecule is Cc1cc(OCC(=O)N2N=CC[C@]2(O)C(F)(F)F)ccc1C(C)C. The van der Waals surface area contributed by atoms with Gasteiger partial charge < -0.3 is 9.84 Å². The highest BCUT2D eigenvalue weighted by Gasteiger charge is 2.61. The molecule has 0 bridgehead atoms. The van der Waals surface area contributed by atoms with Crippen LogP contribution < -0.4 is 4.74 Å². The fraction of sp³-hybridized carbons (Fsp3) is 0.500. The van der Waals surface area contributed by atoms with Crippen molar-refractivity contribution in [3.8, 4) is 5.75 Å². The van der Waals surface area contributed by atoms with Crippen molar-refractivity contribution in [2.45, 2.75) is 45.0 Å². The monoisotopic (exact) mass is 344 g/mol. The van der Waals surface area contributed by atoms with Gasteiger partial charge in [-0.2, -0.15) is 23.3 Å². The number of halogens is 3. The maximum Gasteiger partial charge on any atom is 0.438 e. The first-order valence-electron chi connectivity index (χ1n) is 7.44. The van der Waals surface area contributed by atoms with E-state index in [1.165, 1.54) is 0 Å². The molecule has 0 spiro atoms. The third-order valence-electron chi connectivity index (χ3n) is 3.84. The predicted molar refractivity (Wildman–Crippen MR) is 81.7 cm³/mol. The molecule has 0 aliphatic carbocycles. The highest BCUT2D eigenvalue weighted by molar-refractivity contribution is 5.81. The van der Waals surface area contributed by atoms with E-state index in [2.05, 4.69) is 5.10 Å². The number of nitrogens with zero attached hydrogens (tertiary/aromatic N) is 2. The summed E-state index contributed by atoms with van der Waals surface area (Å²) in [5, 5.41) is 13.1. The summed E-state index contributed by atoms with van der Waals surface area (Å²) in [6, 6.07) is 5.21. The minimum atomic E-state index is -5.01. The molecule has 2 rings (SSSR count). The molecule has 1 atom stereocenters. The van der Waals surface area contributed by atoms with E-state index in [0.717, 1.165) is 17.3 Å². The Balaban J connectivity index is 2.06. The molecule has 0 unspecified atom stereocenters. The van der Waals surface area contributed by atoms with Crippen molar-refractivity contribution in [2.75, 3.05) is 6.61 Å². The van der Waals surface area contributed by atoms with E-state index in [1.54, 1.807) is 12.1 Å². The second-order valence-electron chi connectivity index (χ2n) is 5.98. The summed E-state index contributed by atoms with van der Waals surface area (Å²) in [6.07, 6.45) is -4.95. The van der Waals surface area contributed by atoms with Crippen molar-refractivity contribution in [2.24, 2.45) is 5.10 Å². The number of carbonyl (C=O) groups excluding carboxylic acids is 1. The van der Waals surface area contributed by atoms with Crippen LogP contribution in [0, 0.1) is 6.92 Å². The van der Waals surface area contributed by atoms with Gasteiger partial charge in [-0.05, 0) is 36.1 Å². The largest absolute Gasteiger partial charge is 0.484 e. The lowest BCUT2D eigenvalue weighted by Crippen LogP contribution is -2.57. The Morgan fingerprint density at radius 3 is 2.67 bits per heavy atom. The zero-order chi connectivity index (χ0) is 18.1. The summed E-state index contributed by atoms with van der Waals surface area (Å²) < 4.78 is 44.0. The molecule has 1 aromatic rings. The average molecular weight is 344 g/mol. The summed E-state index contributed by atoms with van der Waals surface area (Å²) in [7, 11) is 0. The maximum atomic E-state index is 12.9. The van der Waals surface area contributed by atoms with Gasteiger partial charge in [0.1, 0.15) is 5.75 Å². The van der Waals surface area contributed by atoms with Gasteiger partial charge in [0, 0.05) is 12.6 Å². The van der Waals surface area contributed by atoms with E-state index in [0.29, 0.717) is 11.7 Å². The lowest BCUT2D eigenvalue weighted by atomic mass is 9.98. The third-order valence-corrected chi connectivity index (χ3v) is 3.84. The highest BCUT2D eigenvalue weighted by atomic mass is 19.4. The van der Waals surface area contributed by atoms with Crippen molar-refractivity contribution >= 4 is 12.1 Å². The molecule has 132 valence electrons. The Kier molecular flexibility index (Phi) is 4.89. The Labute approximate surface area is 137 Å². The van der Waals surface area contributed by atoms with Gasteiger partial charge in [-0.1, -0.05) is 19.9 Å². The lowest BCUT2D eigenvalue weighted by Gasteiger charge is -2.32. The van der Waals surface area contributed by atoms with E-state index in [9.17, 15) is 23.1 Å². The lowest BCUT2D eigenvalue weighted by molar-refractivity contribution is -0.302. The molecule has 24 heavy (non-hydrogen) atoms. The smallest absolute Gasteiger partial charge is 0.438 e. The predicted octanol–water partition coefficient (Wildman–Crippen LogP) is 2.97. The zero-order valence-corrected chi connectivity index (χ0v) is 13.6. The van der Waals surface area contributed by atoms with E-state index < -0.39 is 30.8 Å². The Bertz CT molecular complexity index is 658. The van der Waals surface area contributed by atoms with Crippen LogP contribution in [0.4, 0.5) is 13.2 Å². The Morgan fingerprint density at radius 1 is 1.46 bits per heavy atom. The molecular weight excluding hydrogens is 325 g/mol. The minimum Gasteiger partial charge on any atom is -0.484 e. The number of hydrogen-bond acceptors (Lipinski definition) is 4. The minimum absolute atomic E-state index is 0.0301. The first-order valence-corrected chi connectivity index (χ1v) is 7.44. The molecule has 1 heterocycles. The van der Waals surface area contributed by atoms with Crippen molar-refractivity contribution in [3.63, 3.8) is 0 Å². The second kappa shape index (κ2) is 6.43. The van der Waals surface area contributed by atoms with E-state index in [-0.39, 0.29) is 5.01 Å². The van der Waals surface area contributed by atoms with Crippen LogP contribution in [0.1, 0.15) is 37.3 Å². The zero-order valence-electron chi connectivity index (χ0n) is 13.6. The first-order chi connectivity index (χ1) is 11.1. The van der Waals surface area contributed by atoms with Gasteiger partial charge in [-0.15, -0.1) is 0 Å². The van der Waals surface area contributed by atoms with Gasteiger partial charge >= 0.3 is 6.18 Å². The van der Waals surface area contributed by atoms with Gasteiger partial charge in [0.2, 0.25) is 0 Å². The molecule has 5 nitrogen and oxygen atoms in total. The molecule has 0 saturated heterocycles. The number of carbonyl (C=O) groups is 1. The van der Waals surface area contributed by atoms with Crippen LogP contribution in [-0.2, 0) is 4.79 Å². The number of hydrogen-bond donors (Lipinski definition) is 1. The van der Waals surface area contributed by atoms with Crippen LogP contribution >= 0.6 is 0 Å². The van der Waals surface area contributed by atoms with E-state index >= 15 is 0 Å². The standard InChI is InChI=1S/C16H19F3N2O3/c1-10(2)13-5-4-12(8-11(13)3)24-9-14(22)21-15(23,6-7-20-21)16(17,18)19/h4-5,7-8,10,23H,6,9H2,1-3H3/t15-/m0/s1. The van der Waals surface area contributed by atoms with Crippen LogP contribution in [0.5, 0.6) is 5.75 Å². The molecule has 0 fully saturated rings. The molecule has 0 radical (unpaired) electrons. The molecule has 1 amide bonds. The van der Waals surface area contributed by atoms with Crippen LogP contribution in [0.3, 0.4) is 0 Å². The fourth-order valence-corrected chi connectivity index (χ4v) is 2.53. The van der Waals surface area contributed by atoms with Crippen molar-refractivity contribution in [3.05, 3.63) is 29.3 Å². The quantitative estimate of drug-likeness (QED) is 0.913. The van der Waals surface area contributed by atoms with Crippen molar-refractivity contribution in [1.29, 1.82) is 0 Å². The summed E-state index contributed by atoms with van der Waals surface area (Å²) in [4.78, 5) is 12.0. The van der Waals surface area contributed by atoms with Gasteiger partial charge in [0.05, 0.1) is 0 Å².